The van der Waals surface area contributed by atoms with Gasteiger partial charge in [0.1, 0.15) is 11.9 Å². The van der Waals surface area contributed by atoms with Crippen LogP contribution < -0.4 is 10.1 Å². The van der Waals surface area contributed by atoms with Gasteiger partial charge in [-0.25, -0.2) is 0 Å². The molecule has 2 nitrogen and oxygen atoms in total. The average Bonchev–Trinajstić information content (AvgIpc) is 2.67. The number of alkyl halides is 1. The Hall–Kier alpha value is -0.540. The second-order valence-electron chi connectivity index (χ2n) is 5.38. The van der Waals surface area contributed by atoms with Crippen molar-refractivity contribution in [3.8, 4) is 5.75 Å². The van der Waals surface area contributed by atoms with Gasteiger partial charge in [0.2, 0.25) is 0 Å². The van der Waals surface area contributed by atoms with Crippen LogP contribution in [0.3, 0.4) is 0 Å². The van der Waals surface area contributed by atoms with Crippen molar-refractivity contribution in [3.63, 3.8) is 0 Å². The van der Waals surface area contributed by atoms with Crippen molar-refractivity contribution in [3.05, 3.63) is 29.3 Å². The van der Waals surface area contributed by atoms with Crippen molar-refractivity contribution < 1.29 is 4.74 Å². The van der Waals surface area contributed by atoms with Gasteiger partial charge in [-0.05, 0) is 31.9 Å². The Morgan fingerprint density at radius 3 is 2.94 bits per heavy atom. The summed E-state index contributed by atoms with van der Waals surface area (Å²) in [7, 11) is 0. The van der Waals surface area contributed by atoms with E-state index < -0.39 is 0 Å². The fraction of sp³-hybridized carbons (Fsp3) is 0.600. The molecule has 0 aliphatic carbocycles. The van der Waals surface area contributed by atoms with Crippen LogP contribution in [0.1, 0.15) is 31.4 Å². The predicted molar refractivity (Wildman–Crippen MR) is 79.8 cm³/mol. The molecule has 0 fully saturated rings. The van der Waals surface area contributed by atoms with Gasteiger partial charge < -0.3 is 10.1 Å². The first-order chi connectivity index (χ1) is 8.54. The standard InChI is InChI=1S/C15H22BrNO/c1-10-4-5-15-13(6-10)8-14(18-15)9-17-12(3)7-11(2)16/h4-6,11-12,14,17H,7-9H2,1-3H3. The van der Waals surface area contributed by atoms with Crippen molar-refractivity contribution in [1.82, 2.24) is 5.32 Å². The van der Waals surface area contributed by atoms with Gasteiger partial charge in [-0.3, -0.25) is 0 Å². The maximum absolute atomic E-state index is 5.94. The molecule has 100 valence electrons. The SMILES string of the molecule is Cc1ccc2c(c1)CC(CNC(C)CC(C)Br)O2. The normalized spacial score (nSPS) is 21.2. The van der Waals surface area contributed by atoms with Crippen molar-refractivity contribution in [1.29, 1.82) is 0 Å². The molecule has 1 heterocycles. The summed E-state index contributed by atoms with van der Waals surface area (Å²) in [4.78, 5) is 0.560. The van der Waals surface area contributed by atoms with E-state index in [1.54, 1.807) is 0 Å². The number of nitrogens with one attached hydrogen (secondary N) is 1. The lowest BCUT2D eigenvalue weighted by Gasteiger charge is -2.18. The van der Waals surface area contributed by atoms with Gasteiger partial charge in [-0.2, -0.15) is 0 Å². The smallest absolute Gasteiger partial charge is 0.123 e. The third kappa shape index (κ3) is 3.72. The fourth-order valence-corrected chi connectivity index (χ4v) is 3.03. The molecule has 1 aliphatic rings. The summed E-state index contributed by atoms with van der Waals surface area (Å²) in [5.74, 6) is 1.06. The molecule has 0 saturated heterocycles. The highest BCUT2D eigenvalue weighted by molar-refractivity contribution is 9.09. The molecule has 0 bridgehead atoms. The van der Waals surface area contributed by atoms with E-state index in [1.165, 1.54) is 11.1 Å². The van der Waals surface area contributed by atoms with Crippen LogP contribution in [0, 0.1) is 6.92 Å². The molecule has 3 atom stereocenters. The maximum Gasteiger partial charge on any atom is 0.123 e. The molecule has 1 aromatic carbocycles. The number of aryl methyl sites for hydroxylation is 1. The quantitative estimate of drug-likeness (QED) is 0.841. The topological polar surface area (TPSA) is 21.3 Å². The van der Waals surface area contributed by atoms with Crippen LogP contribution in [0.5, 0.6) is 5.75 Å². The van der Waals surface area contributed by atoms with E-state index in [2.05, 4.69) is 60.2 Å². The predicted octanol–water partition coefficient (Wildman–Crippen LogP) is 3.45. The van der Waals surface area contributed by atoms with Crippen LogP contribution >= 0.6 is 15.9 Å². The van der Waals surface area contributed by atoms with Gasteiger partial charge in [0.05, 0.1) is 0 Å². The van der Waals surface area contributed by atoms with Crippen LogP contribution in [0.15, 0.2) is 18.2 Å². The largest absolute Gasteiger partial charge is 0.488 e. The van der Waals surface area contributed by atoms with E-state index in [0.717, 1.165) is 25.1 Å². The first-order valence-corrected chi connectivity index (χ1v) is 7.60. The third-order valence-corrected chi connectivity index (χ3v) is 3.70. The molecule has 0 aromatic heterocycles. The molecule has 0 amide bonds. The zero-order valence-corrected chi connectivity index (χ0v) is 13.0. The third-order valence-electron chi connectivity index (χ3n) is 3.33. The second kappa shape index (κ2) is 6.07. The van der Waals surface area contributed by atoms with E-state index >= 15 is 0 Å². The number of benzene rings is 1. The summed E-state index contributed by atoms with van der Waals surface area (Å²) in [5, 5.41) is 3.55. The van der Waals surface area contributed by atoms with Crippen LogP contribution in [-0.4, -0.2) is 23.5 Å². The first kappa shape index (κ1) is 13.9. The molecule has 0 radical (unpaired) electrons. The molecule has 1 N–H and O–H groups in total. The zero-order valence-electron chi connectivity index (χ0n) is 11.4. The fourth-order valence-electron chi connectivity index (χ4n) is 2.47. The van der Waals surface area contributed by atoms with Gasteiger partial charge in [0.15, 0.2) is 0 Å². The number of ether oxygens (including phenoxy) is 1. The number of fused-ring (bicyclic) bond motifs is 1. The molecule has 0 saturated carbocycles. The summed E-state index contributed by atoms with van der Waals surface area (Å²) in [6, 6.07) is 6.96. The Labute approximate surface area is 118 Å². The first-order valence-electron chi connectivity index (χ1n) is 6.68. The minimum Gasteiger partial charge on any atom is -0.488 e. The molecule has 18 heavy (non-hydrogen) atoms. The van der Waals surface area contributed by atoms with E-state index in [4.69, 9.17) is 4.74 Å². The summed E-state index contributed by atoms with van der Waals surface area (Å²) < 4.78 is 5.94. The summed E-state index contributed by atoms with van der Waals surface area (Å²) in [6.07, 6.45) is 2.45. The van der Waals surface area contributed by atoms with Crippen molar-refractivity contribution >= 4 is 15.9 Å². The molecular formula is C15H22BrNO. The zero-order chi connectivity index (χ0) is 13.1. The van der Waals surface area contributed by atoms with Gasteiger partial charge >= 0.3 is 0 Å². The van der Waals surface area contributed by atoms with Crippen LogP contribution in [0.4, 0.5) is 0 Å². The molecular weight excluding hydrogens is 290 g/mol. The molecule has 1 aromatic rings. The van der Waals surface area contributed by atoms with E-state index in [0.29, 0.717) is 10.9 Å². The number of hydrogen-bond acceptors (Lipinski definition) is 2. The highest BCUT2D eigenvalue weighted by atomic mass is 79.9. The molecule has 3 unspecified atom stereocenters. The minimum atomic E-state index is 0.287. The number of hydrogen-bond donors (Lipinski definition) is 1. The second-order valence-corrected chi connectivity index (χ2v) is 6.94. The molecule has 3 heteroatoms. The van der Waals surface area contributed by atoms with Gasteiger partial charge in [0, 0.05) is 23.8 Å². The van der Waals surface area contributed by atoms with E-state index in [-0.39, 0.29) is 6.10 Å². The van der Waals surface area contributed by atoms with E-state index in [1.807, 2.05) is 0 Å². The van der Waals surface area contributed by atoms with Gasteiger partial charge in [-0.1, -0.05) is 40.5 Å². The Morgan fingerprint density at radius 2 is 2.22 bits per heavy atom. The van der Waals surface area contributed by atoms with Crippen molar-refractivity contribution in [2.24, 2.45) is 0 Å². The van der Waals surface area contributed by atoms with Crippen molar-refractivity contribution in [2.75, 3.05) is 6.54 Å². The lowest BCUT2D eigenvalue weighted by Crippen LogP contribution is -2.36. The maximum atomic E-state index is 5.94. The average molecular weight is 312 g/mol. The molecule has 1 aliphatic heterocycles. The van der Waals surface area contributed by atoms with Gasteiger partial charge in [0.25, 0.3) is 0 Å². The highest BCUT2D eigenvalue weighted by Crippen LogP contribution is 2.29. The summed E-state index contributed by atoms with van der Waals surface area (Å²) >= 11 is 3.59. The molecule has 0 spiro atoms. The lowest BCUT2D eigenvalue weighted by atomic mass is 10.1. The Balaban J connectivity index is 1.81. The Kier molecular flexibility index (Phi) is 4.68. The monoisotopic (exact) mass is 311 g/mol. The van der Waals surface area contributed by atoms with Crippen LogP contribution in [0.2, 0.25) is 0 Å². The summed E-state index contributed by atoms with van der Waals surface area (Å²) in [5.41, 5.74) is 2.66. The summed E-state index contributed by atoms with van der Waals surface area (Å²) in [6.45, 7) is 7.47. The lowest BCUT2D eigenvalue weighted by molar-refractivity contribution is 0.221. The molecule has 2 rings (SSSR count). The Morgan fingerprint density at radius 1 is 1.44 bits per heavy atom. The van der Waals surface area contributed by atoms with Gasteiger partial charge in [-0.15, -0.1) is 0 Å². The van der Waals surface area contributed by atoms with E-state index in [9.17, 15) is 0 Å². The number of halogens is 1. The number of rotatable bonds is 5. The van der Waals surface area contributed by atoms with Crippen LogP contribution in [0.25, 0.3) is 0 Å². The van der Waals surface area contributed by atoms with Crippen LogP contribution in [-0.2, 0) is 6.42 Å². The van der Waals surface area contributed by atoms with Crippen molar-refractivity contribution in [2.45, 2.75) is 50.6 Å². The Bertz CT molecular complexity index is 405. The highest BCUT2D eigenvalue weighted by Gasteiger charge is 2.22. The minimum absolute atomic E-state index is 0.287.